The monoisotopic (exact) mass is 343 g/mol. The number of H-pyrrole nitrogens is 1. The van der Waals surface area contributed by atoms with Crippen LogP contribution in [0.1, 0.15) is 16.2 Å². The van der Waals surface area contributed by atoms with Gasteiger partial charge in [0.05, 0.1) is 11.0 Å². The van der Waals surface area contributed by atoms with E-state index in [0.717, 1.165) is 27.0 Å². The molecule has 0 bridgehead atoms. The van der Waals surface area contributed by atoms with Gasteiger partial charge in [-0.25, -0.2) is 4.98 Å². The quantitative estimate of drug-likeness (QED) is 0.766. The zero-order valence-electron chi connectivity index (χ0n) is 11.7. The van der Waals surface area contributed by atoms with E-state index in [2.05, 4.69) is 25.9 Å². The van der Waals surface area contributed by atoms with Gasteiger partial charge in [0.25, 0.3) is 5.91 Å². The highest BCUT2D eigenvalue weighted by molar-refractivity contribution is 9.10. The lowest BCUT2D eigenvalue weighted by molar-refractivity contribution is 0.0993. The average molecular weight is 344 g/mol. The molecule has 4 nitrogen and oxygen atoms in total. The summed E-state index contributed by atoms with van der Waals surface area (Å²) in [6.07, 6.45) is 0. The van der Waals surface area contributed by atoms with Crippen LogP contribution in [-0.4, -0.2) is 22.9 Å². The highest BCUT2D eigenvalue weighted by Crippen LogP contribution is 2.21. The van der Waals surface area contributed by atoms with Gasteiger partial charge < -0.3 is 9.88 Å². The fourth-order valence-corrected chi connectivity index (χ4v) is 2.50. The third-order valence-corrected chi connectivity index (χ3v) is 3.90. The van der Waals surface area contributed by atoms with E-state index < -0.39 is 0 Å². The number of hydrogen-bond donors (Lipinski definition) is 1. The molecule has 0 spiro atoms. The average Bonchev–Trinajstić information content (AvgIpc) is 2.85. The molecule has 0 unspecified atom stereocenters. The van der Waals surface area contributed by atoms with E-state index in [9.17, 15) is 4.79 Å². The highest BCUT2D eigenvalue weighted by Gasteiger charge is 2.14. The molecule has 0 saturated heterocycles. The standard InChI is InChI=1S/C16H14BrN3O/c1-10-18-14-8-7-13(9-15(14)19-10)20(2)16(21)11-3-5-12(17)6-4-11/h3-9H,1-2H3,(H,18,19). The minimum atomic E-state index is -0.0434. The van der Waals surface area contributed by atoms with Crippen molar-refractivity contribution in [2.75, 3.05) is 11.9 Å². The zero-order chi connectivity index (χ0) is 15.0. The molecule has 21 heavy (non-hydrogen) atoms. The zero-order valence-corrected chi connectivity index (χ0v) is 13.3. The van der Waals surface area contributed by atoms with Crippen molar-refractivity contribution >= 4 is 38.6 Å². The first kappa shape index (κ1) is 13.8. The molecule has 0 aliphatic carbocycles. The second-order valence-electron chi connectivity index (χ2n) is 4.89. The van der Waals surface area contributed by atoms with Crippen LogP contribution < -0.4 is 4.90 Å². The number of imidazole rings is 1. The van der Waals surface area contributed by atoms with Gasteiger partial charge in [-0.15, -0.1) is 0 Å². The summed E-state index contributed by atoms with van der Waals surface area (Å²) in [4.78, 5) is 21.7. The van der Waals surface area contributed by atoms with Gasteiger partial charge in [-0.2, -0.15) is 0 Å². The normalized spacial score (nSPS) is 10.8. The second kappa shape index (κ2) is 5.33. The number of anilines is 1. The van der Waals surface area contributed by atoms with Crippen LogP contribution in [0.4, 0.5) is 5.69 Å². The Morgan fingerprint density at radius 1 is 1.19 bits per heavy atom. The minimum Gasteiger partial charge on any atom is -0.342 e. The van der Waals surface area contributed by atoms with Gasteiger partial charge in [0.15, 0.2) is 0 Å². The lowest BCUT2D eigenvalue weighted by Gasteiger charge is -2.17. The van der Waals surface area contributed by atoms with Crippen LogP contribution in [0.5, 0.6) is 0 Å². The number of carbonyl (C=O) groups excluding carboxylic acids is 1. The Labute approximate surface area is 130 Å². The topological polar surface area (TPSA) is 49.0 Å². The summed E-state index contributed by atoms with van der Waals surface area (Å²) in [5.41, 5.74) is 3.32. The van der Waals surface area contributed by atoms with E-state index in [1.165, 1.54) is 0 Å². The number of nitrogens with zero attached hydrogens (tertiary/aromatic N) is 2. The van der Waals surface area contributed by atoms with Crippen molar-refractivity contribution in [3.63, 3.8) is 0 Å². The number of aromatic amines is 1. The van der Waals surface area contributed by atoms with Crippen LogP contribution in [0.15, 0.2) is 46.9 Å². The summed E-state index contributed by atoms with van der Waals surface area (Å²) in [6.45, 7) is 1.91. The minimum absolute atomic E-state index is 0.0434. The SMILES string of the molecule is Cc1nc2ccc(N(C)C(=O)c3ccc(Br)cc3)cc2[nH]1. The predicted octanol–water partition coefficient (Wildman–Crippen LogP) is 3.91. The maximum absolute atomic E-state index is 12.5. The molecule has 0 radical (unpaired) electrons. The number of amides is 1. The first-order chi connectivity index (χ1) is 10.0. The first-order valence-electron chi connectivity index (χ1n) is 6.54. The number of aromatic nitrogens is 2. The predicted molar refractivity (Wildman–Crippen MR) is 87.7 cm³/mol. The molecule has 3 aromatic rings. The maximum atomic E-state index is 12.5. The van der Waals surface area contributed by atoms with Crippen LogP contribution in [-0.2, 0) is 0 Å². The molecule has 0 fully saturated rings. The van der Waals surface area contributed by atoms with Gasteiger partial charge in [-0.05, 0) is 49.4 Å². The van der Waals surface area contributed by atoms with E-state index in [1.54, 1.807) is 11.9 Å². The maximum Gasteiger partial charge on any atom is 0.258 e. The summed E-state index contributed by atoms with van der Waals surface area (Å²) < 4.78 is 0.955. The number of carbonyl (C=O) groups is 1. The molecule has 0 saturated carbocycles. The summed E-state index contributed by atoms with van der Waals surface area (Å²) in [6, 6.07) is 13.1. The molecule has 0 aliphatic rings. The third kappa shape index (κ3) is 2.69. The molecule has 1 N–H and O–H groups in total. The van der Waals surface area contributed by atoms with E-state index in [-0.39, 0.29) is 5.91 Å². The van der Waals surface area contributed by atoms with Crippen molar-refractivity contribution in [2.45, 2.75) is 6.92 Å². The largest absolute Gasteiger partial charge is 0.342 e. The van der Waals surface area contributed by atoms with Crippen molar-refractivity contribution < 1.29 is 4.79 Å². The van der Waals surface area contributed by atoms with Crippen LogP contribution in [0.2, 0.25) is 0 Å². The number of rotatable bonds is 2. The molecule has 1 aromatic heterocycles. The van der Waals surface area contributed by atoms with Gasteiger partial charge in [0, 0.05) is 22.8 Å². The van der Waals surface area contributed by atoms with Crippen molar-refractivity contribution in [1.29, 1.82) is 0 Å². The molecule has 2 aromatic carbocycles. The number of hydrogen-bond acceptors (Lipinski definition) is 2. The summed E-state index contributed by atoms with van der Waals surface area (Å²) in [5, 5.41) is 0. The van der Waals surface area contributed by atoms with E-state index in [0.29, 0.717) is 5.56 Å². The molecule has 0 atom stereocenters. The van der Waals surface area contributed by atoms with Crippen LogP contribution >= 0.6 is 15.9 Å². The number of fused-ring (bicyclic) bond motifs is 1. The lowest BCUT2D eigenvalue weighted by atomic mass is 10.2. The molecule has 106 valence electrons. The Bertz CT molecular complexity index is 808. The molecule has 1 heterocycles. The highest BCUT2D eigenvalue weighted by atomic mass is 79.9. The molecule has 3 rings (SSSR count). The smallest absolute Gasteiger partial charge is 0.258 e. The fraction of sp³-hybridized carbons (Fsp3) is 0.125. The Balaban J connectivity index is 1.93. The van der Waals surface area contributed by atoms with E-state index in [1.807, 2.05) is 49.4 Å². The Kier molecular flexibility index (Phi) is 3.51. The molecular formula is C16H14BrN3O. The molecule has 0 aliphatic heterocycles. The van der Waals surface area contributed by atoms with Gasteiger partial charge in [-0.1, -0.05) is 15.9 Å². The van der Waals surface area contributed by atoms with Crippen molar-refractivity contribution in [3.05, 3.63) is 58.3 Å². The summed E-state index contributed by atoms with van der Waals surface area (Å²) in [7, 11) is 1.77. The number of halogens is 1. The fourth-order valence-electron chi connectivity index (χ4n) is 2.24. The number of benzene rings is 2. The van der Waals surface area contributed by atoms with Crippen LogP contribution in [0, 0.1) is 6.92 Å². The number of aryl methyl sites for hydroxylation is 1. The molecule has 5 heteroatoms. The van der Waals surface area contributed by atoms with Crippen LogP contribution in [0.3, 0.4) is 0 Å². The lowest BCUT2D eigenvalue weighted by Crippen LogP contribution is -2.26. The van der Waals surface area contributed by atoms with E-state index >= 15 is 0 Å². The Morgan fingerprint density at radius 2 is 1.90 bits per heavy atom. The Morgan fingerprint density at radius 3 is 2.62 bits per heavy atom. The first-order valence-corrected chi connectivity index (χ1v) is 7.34. The van der Waals surface area contributed by atoms with E-state index in [4.69, 9.17) is 0 Å². The van der Waals surface area contributed by atoms with Gasteiger partial charge in [0.1, 0.15) is 5.82 Å². The summed E-state index contributed by atoms with van der Waals surface area (Å²) >= 11 is 3.37. The van der Waals surface area contributed by atoms with Crippen molar-refractivity contribution in [3.8, 4) is 0 Å². The number of nitrogens with one attached hydrogen (secondary N) is 1. The Hall–Kier alpha value is -2.14. The molecule has 1 amide bonds. The second-order valence-corrected chi connectivity index (χ2v) is 5.81. The van der Waals surface area contributed by atoms with Crippen molar-refractivity contribution in [1.82, 2.24) is 9.97 Å². The van der Waals surface area contributed by atoms with Gasteiger partial charge in [-0.3, -0.25) is 4.79 Å². The molecular weight excluding hydrogens is 330 g/mol. The third-order valence-electron chi connectivity index (χ3n) is 3.37. The summed E-state index contributed by atoms with van der Waals surface area (Å²) in [5.74, 6) is 0.821. The van der Waals surface area contributed by atoms with Crippen LogP contribution in [0.25, 0.3) is 11.0 Å². The van der Waals surface area contributed by atoms with Gasteiger partial charge in [0.2, 0.25) is 0 Å². The van der Waals surface area contributed by atoms with Gasteiger partial charge >= 0.3 is 0 Å². The van der Waals surface area contributed by atoms with Crippen molar-refractivity contribution in [2.24, 2.45) is 0 Å².